The Labute approximate surface area is 296 Å². The van der Waals surface area contributed by atoms with E-state index in [1.807, 2.05) is 13.8 Å². The molecule has 1 saturated heterocycles. The second-order valence-corrected chi connectivity index (χ2v) is 16.2. The van der Waals surface area contributed by atoms with Crippen LogP contribution in [0.4, 0.5) is 0 Å². The Bertz CT molecular complexity index is 1310. The molecule has 4 fully saturated rings. The van der Waals surface area contributed by atoms with Crippen LogP contribution in [0.15, 0.2) is 0 Å². The quantitative estimate of drug-likeness (QED) is 0.204. The number of fused-ring (bicyclic) bond motifs is 5. The fourth-order valence-corrected chi connectivity index (χ4v) is 10.7. The predicted molar refractivity (Wildman–Crippen MR) is 179 cm³/mol. The van der Waals surface area contributed by atoms with Crippen LogP contribution in [-0.2, 0) is 57.2 Å². The highest BCUT2D eigenvalue weighted by molar-refractivity contribution is 5.75. The van der Waals surface area contributed by atoms with Gasteiger partial charge in [0.05, 0.1) is 19.1 Å². The Morgan fingerprint density at radius 1 is 0.760 bits per heavy atom. The first-order valence-electron chi connectivity index (χ1n) is 18.3. The third kappa shape index (κ3) is 8.14. The summed E-state index contributed by atoms with van der Waals surface area (Å²) in [6.45, 7) is 17.3. The minimum atomic E-state index is -0.839. The zero-order chi connectivity index (χ0) is 37.3. The molecule has 13 atom stereocenters. The van der Waals surface area contributed by atoms with Gasteiger partial charge in [0.2, 0.25) is 0 Å². The molecule has 0 radical (unpaired) electrons. The summed E-state index contributed by atoms with van der Waals surface area (Å²) in [7, 11) is 0. The van der Waals surface area contributed by atoms with Gasteiger partial charge in [-0.1, -0.05) is 34.6 Å². The molecule has 3 saturated carbocycles. The number of esters is 6. The molecule has 0 bridgehead atoms. The number of hydrogen-bond acceptors (Lipinski definition) is 12. The molecule has 4 rings (SSSR count). The molecule has 12 nitrogen and oxygen atoms in total. The van der Waals surface area contributed by atoms with Crippen molar-refractivity contribution in [2.75, 3.05) is 13.2 Å². The summed E-state index contributed by atoms with van der Waals surface area (Å²) in [6.07, 6.45) is 0.952. The van der Waals surface area contributed by atoms with Crippen LogP contribution in [0.3, 0.4) is 0 Å². The van der Waals surface area contributed by atoms with Crippen molar-refractivity contribution >= 4 is 35.8 Å². The first-order valence-corrected chi connectivity index (χ1v) is 18.3. The summed E-state index contributed by atoms with van der Waals surface area (Å²) >= 11 is 0. The average molecular weight is 707 g/mol. The van der Waals surface area contributed by atoms with Gasteiger partial charge in [0.1, 0.15) is 24.4 Å². The van der Waals surface area contributed by atoms with Gasteiger partial charge in [0.25, 0.3) is 0 Å². The minimum Gasteiger partial charge on any atom is -0.465 e. The first-order chi connectivity index (χ1) is 23.3. The van der Waals surface area contributed by atoms with Crippen molar-refractivity contribution in [3.05, 3.63) is 0 Å². The maximum atomic E-state index is 13.7. The van der Waals surface area contributed by atoms with E-state index in [2.05, 4.69) is 20.8 Å². The Kier molecular flexibility index (Phi) is 12.4. The highest BCUT2D eigenvalue weighted by Gasteiger charge is 2.64. The van der Waals surface area contributed by atoms with E-state index in [1.54, 1.807) is 0 Å². The van der Waals surface area contributed by atoms with Crippen LogP contribution < -0.4 is 0 Å². The minimum absolute atomic E-state index is 0.0154. The van der Waals surface area contributed by atoms with E-state index in [4.69, 9.17) is 28.4 Å². The lowest BCUT2D eigenvalue weighted by atomic mass is 9.48. The molecular formula is C38H58O12. The zero-order valence-electron chi connectivity index (χ0n) is 31.5. The van der Waals surface area contributed by atoms with Gasteiger partial charge in [0.15, 0.2) is 0 Å². The van der Waals surface area contributed by atoms with Gasteiger partial charge in [-0.05, 0) is 72.5 Å². The predicted octanol–water partition coefficient (Wildman–Crippen LogP) is 5.22. The van der Waals surface area contributed by atoms with E-state index in [0.717, 1.165) is 25.7 Å². The van der Waals surface area contributed by atoms with Gasteiger partial charge in [-0.25, -0.2) is 0 Å². The van der Waals surface area contributed by atoms with E-state index in [9.17, 15) is 28.8 Å². The van der Waals surface area contributed by atoms with Crippen molar-refractivity contribution in [1.82, 2.24) is 0 Å². The maximum absolute atomic E-state index is 13.7. The van der Waals surface area contributed by atoms with Gasteiger partial charge in [-0.2, -0.15) is 0 Å². The van der Waals surface area contributed by atoms with E-state index in [0.29, 0.717) is 6.42 Å². The number of carbonyl (C=O) groups is 6. The monoisotopic (exact) mass is 706 g/mol. The van der Waals surface area contributed by atoms with E-state index in [-0.39, 0.29) is 66.5 Å². The Morgan fingerprint density at radius 2 is 1.34 bits per heavy atom. The summed E-state index contributed by atoms with van der Waals surface area (Å²) in [6, 6.07) is 0. The molecule has 0 N–H and O–H groups in total. The lowest BCUT2D eigenvalue weighted by Crippen LogP contribution is -2.56. The summed E-state index contributed by atoms with van der Waals surface area (Å²) in [5.41, 5.74) is -0.766. The van der Waals surface area contributed by atoms with Gasteiger partial charge in [-0.3, -0.25) is 28.8 Å². The van der Waals surface area contributed by atoms with E-state index >= 15 is 0 Å². The smallest absolute Gasteiger partial charge is 0.309 e. The molecule has 282 valence electrons. The summed E-state index contributed by atoms with van der Waals surface area (Å²) < 4.78 is 34.8. The fourth-order valence-electron chi connectivity index (χ4n) is 10.7. The van der Waals surface area contributed by atoms with Crippen LogP contribution in [-0.4, -0.2) is 73.4 Å². The Balaban J connectivity index is 1.67. The molecule has 0 aromatic rings. The van der Waals surface area contributed by atoms with Crippen molar-refractivity contribution in [3.8, 4) is 0 Å². The van der Waals surface area contributed by atoms with Crippen LogP contribution >= 0.6 is 0 Å². The lowest BCUT2D eigenvalue weighted by molar-refractivity contribution is -0.189. The number of rotatable bonds is 11. The van der Waals surface area contributed by atoms with Crippen LogP contribution in [0.1, 0.15) is 108 Å². The zero-order valence-corrected chi connectivity index (χ0v) is 31.5. The molecule has 0 aromatic carbocycles. The molecule has 0 unspecified atom stereocenters. The standard InChI is InChI=1S/C38H58O12/c1-19(2)26(17-45-21(4)39)35(50-25(8)43)34(49-24(7)42)20(3)28-11-12-29-27-18-46-36(44)31-15-32(47-22(5)40)33(48-23(6)41)16-38(31,10)30(27)13-14-37(28,29)9/h19-20,26-35H,11-18H2,1-10H3/t20-,26-,27-,28+,29-,30-,31+,32-,33+,34+,35+,37+,38+/m0/s1. The molecule has 4 aliphatic rings. The van der Waals surface area contributed by atoms with Crippen molar-refractivity contribution in [3.63, 3.8) is 0 Å². The Morgan fingerprint density at radius 3 is 1.90 bits per heavy atom. The van der Waals surface area contributed by atoms with Crippen LogP contribution in [0.25, 0.3) is 0 Å². The van der Waals surface area contributed by atoms with Gasteiger partial charge >= 0.3 is 35.8 Å². The largest absolute Gasteiger partial charge is 0.465 e. The highest BCUT2D eigenvalue weighted by atomic mass is 16.6. The second-order valence-electron chi connectivity index (χ2n) is 16.2. The molecule has 1 aliphatic heterocycles. The summed E-state index contributed by atoms with van der Waals surface area (Å²) in [5, 5.41) is 0. The number of carbonyl (C=O) groups excluding carboxylic acids is 6. The summed E-state index contributed by atoms with van der Waals surface area (Å²) in [5.74, 6) is -3.54. The van der Waals surface area contributed by atoms with Gasteiger partial charge < -0.3 is 28.4 Å². The van der Waals surface area contributed by atoms with Crippen LogP contribution in [0, 0.1) is 58.2 Å². The molecule has 50 heavy (non-hydrogen) atoms. The number of ether oxygens (including phenoxy) is 6. The number of hydrogen-bond donors (Lipinski definition) is 0. The van der Waals surface area contributed by atoms with Crippen molar-refractivity contribution < 1.29 is 57.2 Å². The van der Waals surface area contributed by atoms with E-state index < -0.39 is 71.5 Å². The third-order valence-corrected chi connectivity index (χ3v) is 12.9. The third-order valence-electron chi connectivity index (χ3n) is 12.9. The topological polar surface area (TPSA) is 158 Å². The molecular weight excluding hydrogens is 648 g/mol. The normalized spacial score (nSPS) is 35.7. The molecule has 12 heteroatoms. The van der Waals surface area contributed by atoms with Crippen LogP contribution in [0.2, 0.25) is 0 Å². The Hall–Kier alpha value is -3.18. The molecule has 3 aliphatic carbocycles. The van der Waals surface area contributed by atoms with Crippen molar-refractivity contribution in [1.29, 1.82) is 0 Å². The van der Waals surface area contributed by atoms with Crippen molar-refractivity contribution in [2.24, 2.45) is 58.2 Å². The fraction of sp³-hybridized carbons (Fsp3) is 0.842. The van der Waals surface area contributed by atoms with E-state index in [1.165, 1.54) is 34.6 Å². The first kappa shape index (κ1) is 39.6. The van der Waals surface area contributed by atoms with Gasteiger partial charge in [0, 0.05) is 52.9 Å². The lowest BCUT2D eigenvalue weighted by Gasteiger charge is -2.56. The van der Waals surface area contributed by atoms with Crippen molar-refractivity contribution in [2.45, 2.75) is 132 Å². The summed E-state index contributed by atoms with van der Waals surface area (Å²) in [4.78, 5) is 74.8. The molecule has 0 aromatic heterocycles. The second kappa shape index (κ2) is 15.6. The maximum Gasteiger partial charge on any atom is 0.309 e. The molecule has 1 heterocycles. The highest BCUT2D eigenvalue weighted by Crippen LogP contribution is 2.66. The SMILES string of the molecule is CC(=O)OC[C@@H](C(C)C)[C@@H](OC(C)=O)[C@H](OC(C)=O)[C@@H](C)[C@H]1CC[C@H]2[C@@H]3COC(=O)[C@H]4C[C@H](OC(C)=O)[C@H](OC(C)=O)C[C@]4(C)[C@H]3CC[C@]12C. The van der Waals surface area contributed by atoms with Crippen LogP contribution in [0.5, 0.6) is 0 Å². The average Bonchev–Trinajstić information content (AvgIpc) is 3.30. The number of cyclic esters (lactones) is 1. The molecule has 0 spiro atoms. The van der Waals surface area contributed by atoms with Gasteiger partial charge in [-0.15, -0.1) is 0 Å². The molecule has 0 amide bonds.